The lowest BCUT2D eigenvalue weighted by Crippen LogP contribution is -2.43. The third kappa shape index (κ3) is 7.14. The van der Waals surface area contributed by atoms with Gasteiger partial charge in [0.1, 0.15) is 5.60 Å². The van der Waals surface area contributed by atoms with Crippen molar-refractivity contribution in [2.24, 2.45) is 0 Å². The first kappa shape index (κ1) is 18.8. The van der Waals surface area contributed by atoms with E-state index in [0.717, 1.165) is 22.6 Å². The van der Waals surface area contributed by atoms with Gasteiger partial charge in [-0.1, -0.05) is 30.7 Å². The van der Waals surface area contributed by atoms with E-state index < -0.39 is 5.60 Å². The molecule has 0 saturated heterocycles. The van der Waals surface area contributed by atoms with E-state index in [2.05, 4.69) is 16.7 Å². The van der Waals surface area contributed by atoms with Crippen LogP contribution in [0.1, 0.15) is 45.2 Å². The molecule has 1 aromatic rings. The zero-order valence-corrected chi connectivity index (χ0v) is 14.9. The summed E-state index contributed by atoms with van der Waals surface area (Å²) in [6.45, 7) is 11.0. The Balaban J connectivity index is 2.40. The molecule has 1 atom stereocenters. The number of carbonyl (C=O) groups is 1. The van der Waals surface area contributed by atoms with Crippen LogP contribution in [0.15, 0.2) is 18.2 Å². The Morgan fingerprint density at radius 1 is 1.36 bits per heavy atom. The Bertz CT molecular complexity index is 498. The fourth-order valence-corrected chi connectivity index (χ4v) is 2.11. The number of hydrogen-bond acceptors (Lipinski definition) is 3. The van der Waals surface area contributed by atoms with Crippen molar-refractivity contribution in [1.29, 1.82) is 0 Å². The number of carbonyl (C=O) groups excluding carboxylic acids is 1. The van der Waals surface area contributed by atoms with E-state index in [1.807, 2.05) is 46.8 Å². The first-order chi connectivity index (χ1) is 10.2. The van der Waals surface area contributed by atoms with Crippen LogP contribution in [0.4, 0.5) is 4.79 Å². The van der Waals surface area contributed by atoms with Gasteiger partial charge in [0.15, 0.2) is 0 Å². The Labute approximate surface area is 138 Å². The molecule has 0 aromatic heterocycles. The quantitative estimate of drug-likeness (QED) is 0.829. The van der Waals surface area contributed by atoms with Crippen molar-refractivity contribution in [3.63, 3.8) is 0 Å². The third-order valence-electron chi connectivity index (χ3n) is 3.17. The number of nitrogens with one attached hydrogen (secondary N) is 2. The van der Waals surface area contributed by atoms with Gasteiger partial charge in [0, 0.05) is 24.2 Å². The average molecular weight is 327 g/mol. The second kappa shape index (κ2) is 8.39. The van der Waals surface area contributed by atoms with E-state index in [1.54, 1.807) is 0 Å². The fourth-order valence-electron chi connectivity index (χ4n) is 1.91. The number of rotatable bonds is 6. The number of halogens is 1. The summed E-state index contributed by atoms with van der Waals surface area (Å²) in [6.07, 6.45) is 0.459. The normalized spacial score (nSPS) is 12.8. The Hall–Kier alpha value is -1.26. The van der Waals surface area contributed by atoms with Gasteiger partial charge in [-0.25, -0.2) is 4.79 Å². The molecule has 0 aliphatic heterocycles. The maximum absolute atomic E-state index is 11.8. The maximum Gasteiger partial charge on any atom is 0.407 e. The van der Waals surface area contributed by atoms with Crippen LogP contribution in [0.2, 0.25) is 5.02 Å². The number of benzene rings is 1. The molecule has 2 N–H and O–H groups in total. The second-order valence-corrected chi connectivity index (χ2v) is 6.87. The zero-order chi connectivity index (χ0) is 16.8. The Morgan fingerprint density at radius 2 is 2.05 bits per heavy atom. The molecule has 22 heavy (non-hydrogen) atoms. The summed E-state index contributed by atoms with van der Waals surface area (Å²) in [4.78, 5) is 11.8. The van der Waals surface area contributed by atoms with Crippen molar-refractivity contribution in [3.05, 3.63) is 34.3 Å². The lowest BCUT2D eigenvalue weighted by Gasteiger charge is -2.23. The molecule has 0 fully saturated rings. The smallest absolute Gasteiger partial charge is 0.407 e. The van der Waals surface area contributed by atoms with Gasteiger partial charge in [0.25, 0.3) is 0 Å². The molecular weight excluding hydrogens is 300 g/mol. The summed E-state index contributed by atoms with van der Waals surface area (Å²) in [5.74, 6) is 0. The first-order valence-corrected chi connectivity index (χ1v) is 8.04. The van der Waals surface area contributed by atoms with E-state index in [0.29, 0.717) is 13.1 Å². The third-order valence-corrected chi connectivity index (χ3v) is 3.58. The molecule has 124 valence electrons. The Kier molecular flexibility index (Phi) is 7.17. The highest BCUT2D eigenvalue weighted by Crippen LogP contribution is 2.16. The lowest BCUT2D eigenvalue weighted by atomic mass is 10.1. The fraction of sp³-hybridized carbons (Fsp3) is 0.588. The monoisotopic (exact) mass is 326 g/mol. The largest absolute Gasteiger partial charge is 0.444 e. The van der Waals surface area contributed by atoms with Gasteiger partial charge in [-0.2, -0.15) is 0 Å². The van der Waals surface area contributed by atoms with Crippen molar-refractivity contribution >= 4 is 17.7 Å². The summed E-state index contributed by atoms with van der Waals surface area (Å²) >= 11 is 6.11. The van der Waals surface area contributed by atoms with Crippen LogP contribution in [-0.4, -0.2) is 24.3 Å². The number of amides is 1. The van der Waals surface area contributed by atoms with Crippen LogP contribution in [0.3, 0.4) is 0 Å². The molecule has 1 unspecified atom stereocenters. The van der Waals surface area contributed by atoms with E-state index in [9.17, 15) is 4.79 Å². The molecule has 0 radical (unpaired) electrons. The van der Waals surface area contributed by atoms with E-state index in [4.69, 9.17) is 16.3 Å². The lowest BCUT2D eigenvalue weighted by molar-refractivity contribution is 0.0502. The van der Waals surface area contributed by atoms with Gasteiger partial charge in [0.2, 0.25) is 0 Å². The number of ether oxygens (including phenoxy) is 1. The maximum atomic E-state index is 11.8. The van der Waals surface area contributed by atoms with Gasteiger partial charge in [-0.15, -0.1) is 0 Å². The number of alkyl carbamates (subject to hydrolysis) is 1. The summed E-state index contributed by atoms with van der Waals surface area (Å²) in [6, 6.07) is 6.06. The topological polar surface area (TPSA) is 50.4 Å². The molecule has 0 bridgehead atoms. The Morgan fingerprint density at radius 3 is 2.59 bits per heavy atom. The van der Waals surface area contributed by atoms with Crippen LogP contribution in [0, 0.1) is 6.92 Å². The summed E-state index contributed by atoms with van der Waals surface area (Å²) in [7, 11) is 0. The molecule has 0 aliphatic rings. The van der Waals surface area contributed by atoms with Crippen molar-refractivity contribution < 1.29 is 9.53 Å². The van der Waals surface area contributed by atoms with Gasteiger partial charge in [-0.3, -0.25) is 0 Å². The molecule has 0 aliphatic carbocycles. The van der Waals surface area contributed by atoms with Gasteiger partial charge >= 0.3 is 6.09 Å². The highest BCUT2D eigenvalue weighted by Gasteiger charge is 2.18. The molecule has 0 heterocycles. The van der Waals surface area contributed by atoms with Crippen molar-refractivity contribution in [2.75, 3.05) is 6.54 Å². The summed E-state index contributed by atoms with van der Waals surface area (Å²) < 4.78 is 5.27. The van der Waals surface area contributed by atoms with E-state index >= 15 is 0 Å². The highest BCUT2D eigenvalue weighted by atomic mass is 35.5. The number of hydrogen-bond donors (Lipinski definition) is 2. The molecule has 1 rings (SSSR count). The molecular formula is C17H27ClN2O2. The predicted octanol–water partition coefficient (Wildman–Crippen LogP) is 4.04. The van der Waals surface area contributed by atoms with Crippen LogP contribution < -0.4 is 10.6 Å². The minimum atomic E-state index is -0.478. The average Bonchev–Trinajstić information content (AvgIpc) is 2.39. The first-order valence-electron chi connectivity index (χ1n) is 7.66. The molecule has 0 spiro atoms. The van der Waals surface area contributed by atoms with E-state index in [-0.39, 0.29) is 12.1 Å². The van der Waals surface area contributed by atoms with E-state index in [1.165, 1.54) is 0 Å². The standard InChI is InChI=1S/C17H27ClN2O2/c1-6-14(20-16(21)22-17(3,4)5)11-19-10-13-8-7-12(2)15(18)9-13/h7-9,14,19H,6,10-11H2,1-5H3,(H,20,21). The van der Waals surface area contributed by atoms with Gasteiger partial charge < -0.3 is 15.4 Å². The SMILES string of the molecule is CCC(CNCc1ccc(C)c(Cl)c1)NC(=O)OC(C)(C)C. The van der Waals surface area contributed by atoms with Gasteiger partial charge in [-0.05, 0) is 51.3 Å². The van der Waals surface area contributed by atoms with Crippen LogP contribution in [-0.2, 0) is 11.3 Å². The number of aryl methyl sites for hydroxylation is 1. The summed E-state index contributed by atoms with van der Waals surface area (Å²) in [5, 5.41) is 7.00. The minimum absolute atomic E-state index is 0.0378. The highest BCUT2D eigenvalue weighted by molar-refractivity contribution is 6.31. The second-order valence-electron chi connectivity index (χ2n) is 6.47. The molecule has 1 aromatic carbocycles. The van der Waals surface area contributed by atoms with Crippen LogP contribution in [0.25, 0.3) is 0 Å². The van der Waals surface area contributed by atoms with Crippen LogP contribution in [0.5, 0.6) is 0 Å². The summed E-state index contributed by atoms with van der Waals surface area (Å²) in [5.41, 5.74) is 1.72. The van der Waals surface area contributed by atoms with Crippen molar-refractivity contribution in [2.45, 2.75) is 59.2 Å². The molecule has 0 saturated carbocycles. The zero-order valence-electron chi connectivity index (χ0n) is 14.1. The molecule has 5 heteroatoms. The van der Waals surface area contributed by atoms with Crippen molar-refractivity contribution in [1.82, 2.24) is 10.6 Å². The minimum Gasteiger partial charge on any atom is -0.444 e. The molecule has 4 nitrogen and oxygen atoms in total. The predicted molar refractivity (Wildman–Crippen MR) is 91.3 cm³/mol. The van der Waals surface area contributed by atoms with Crippen molar-refractivity contribution in [3.8, 4) is 0 Å². The molecule has 1 amide bonds. The van der Waals surface area contributed by atoms with Gasteiger partial charge in [0.05, 0.1) is 0 Å². The van der Waals surface area contributed by atoms with Crippen LogP contribution >= 0.6 is 11.6 Å².